The van der Waals surface area contributed by atoms with Crippen molar-refractivity contribution in [3.63, 3.8) is 0 Å². The number of hydrogen-bond donors (Lipinski definition) is 0. The summed E-state index contributed by atoms with van der Waals surface area (Å²) < 4.78 is 0. The summed E-state index contributed by atoms with van der Waals surface area (Å²) >= 11 is 0. The standard InChI is InChI=1S/C58H55BN2/c1-56(2,3)43-25-29-46(30-26-43)60-51-31-27-44(57(4,5)6)36-48(51)59-49-37-45(58(7,8)9)28-32-52(49)61(50-24-16-20-39-19-13-14-23-47(39)50)54-35-42(34-53(60)55(54)59)41-22-15-21-40(33-41)38-17-11-10-12-18-38/h10-37H,1-9H3. The van der Waals surface area contributed by atoms with Crippen molar-refractivity contribution in [1.29, 1.82) is 0 Å². The fourth-order valence-corrected chi connectivity index (χ4v) is 9.67. The molecule has 2 aliphatic heterocycles. The van der Waals surface area contributed by atoms with Gasteiger partial charge in [-0.25, -0.2) is 0 Å². The molecule has 8 aromatic carbocycles. The number of benzene rings is 8. The summed E-state index contributed by atoms with van der Waals surface area (Å²) in [6.07, 6.45) is 0. The van der Waals surface area contributed by atoms with Gasteiger partial charge in [0.1, 0.15) is 0 Å². The minimum Gasteiger partial charge on any atom is -0.311 e. The number of anilines is 6. The Kier molecular flexibility index (Phi) is 9.00. The van der Waals surface area contributed by atoms with Crippen LogP contribution >= 0.6 is 0 Å². The van der Waals surface area contributed by atoms with Crippen molar-refractivity contribution in [3.05, 3.63) is 187 Å². The molecule has 8 aromatic rings. The Morgan fingerprint density at radius 2 is 0.836 bits per heavy atom. The molecule has 2 aliphatic rings. The van der Waals surface area contributed by atoms with E-state index in [4.69, 9.17) is 0 Å². The largest absolute Gasteiger partial charge is 0.311 e. The average molecular weight is 791 g/mol. The molecule has 0 radical (unpaired) electrons. The van der Waals surface area contributed by atoms with Crippen LogP contribution in [0.3, 0.4) is 0 Å². The summed E-state index contributed by atoms with van der Waals surface area (Å²) in [5, 5.41) is 2.47. The third-order valence-corrected chi connectivity index (χ3v) is 13.1. The second-order valence-corrected chi connectivity index (χ2v) is 20.3. The van der Waals surface area contributed by atoms with Crippen LogP contribution in [0.25, 0.3) is 33.0 Å². The molecule has 0 N–H and O–H groups in total. The van der Waals surface area contributed by atoms with E-state index in [1.807, 2.05) is 0 Å². The Hall–Kier alpha value is -6.32. The van der Waals surface area contributed by atoms with Crippen LogP contribution in [0.1, 0.15) is 79.0 Å². The van der Waals surface area contributed by atoms with Gasteiger partial charge in [-0.05, 0) is 125 Å². The van der Waals surface area contributed by atoms with E-state index in [1.54, 1.807) is 0 Å². The molecule has 300 valence electrons. The molecule has 0 unspecified atom stereocenters. The molecular weight excluding hydrogens is 735 g/mol. The van der Waals surface area contributed by atoms with Crippen LogP contribution in [-0.2, 0) is 16.2 Å². The Morgan fingerprint density at radius 1 is 0.344 bits per heavy atom. The summed E-state index contributed by atoms with van der Waals surface area (Å²) in [6.45, 7) is 20.9. The Balaban J connectivity index is 1.34. The predicted molar refractivity (Wildman–Crippen MR) is 265 cm³/mol. The van der Waals surface area contributed by atoms with Crippen LogP contribution in [0.5, 0.6) is 0 Å². The van der Waals surface area contributed by atoms with Gasteiger partial charge >= 0.3 is 0 Å². The van der Waals surface area contributed by atoms with Gasteiger partial charge in [-0.2, -0.15) is 0 Å². The summed E-state index contributed by atoms with van der Waals surface area (Å²) in [5.41, 5.74) is 20.1. The van der Waals surface area contributed by atoms with E-state index in [9.17, 15) is 0 Å². The second-order valence-electron chi connectivity index (χ2n) is 20.3. The highest BCUT2D eigenvalue weighted by Gasteiger charge is 2.44. The molecule has 0 aliphatic carbocycles. The van der Waals surface area contributed by atoms with Crippen LogP contribution in [0, 0.1) is 0 Å². The Bertz CT molecular complexity index is 2970. The summed E-state index contributed by atoms with van der Waals surface area (Å²) in [6, 6.07) is 64.4. The van der Waals surface area contributed by atoms with Crippen molar-refractivity contribution >= 4 is 68.0 Å². The van der Waals surface area contributed by atoms with E-state index in [-0.39, 0.29) is 23.0 Å². The maximum Gasteiger partial charge on any atom is 0.252 e. The van der Waals surface area contributed by atoms with Gasteiger partial charge in [0, 0.05) is 33.8 Å². The topological polar surface area (TPSA) is 6.48 Å². The third-order valence-electron chi connectivity index (χ3n) is 13.1. The zero-order chi connectivity index (χ0) is 42.4. The van der Waals surface area contributed by atoms with E-state index in [2.05, 4.69) is 242 Å². The van der Waals surface area contributed by atoms with Crippen molar-refractivity contribution < 1.29 is 0 Å². The lowest BCUT2D eigenvalue weighted by Gasteiger charge is -2.45. The molecule has 0 saturated heterocycles. The minimum atomic E-state index is -0.0262. The van der Waals surface area contributed by atoms with Gasteiger partial charge in [0.25, 0.3) is 6.71 Å². The quantitative estimate of drug-likeness (QED) is 0.164. The van der Waals surface area contributed by atoms with Crippen LogP contribution in [0.4, 0.5) is 34.1 Å². The Labute approximate surface area is 363 Å². The molecule has 0 amide bonds. The molecule has 10 rings (SSSR count). The predicted octanol–water partition coefficient (Wildman–Crippen LogP) is 14.1. The lowest BCUT2D eigenvalue weighted by atomic mass is 9.33. The zero-order valence-electron chi connectivity index (χ0n) is 37.1. The molecule has 2 nitrogen and oxygen atoms in total. The molecule has 0 aromatic heterocycles. The fourth-order valence-electron chi connectivity index (χ4n) is 9.67. The first-order valence-corrected chi connectivity index (χ1v) is 22.0. The summed E-state index contributed by atoms with van der Waals surface area (Å²) in [5.74, 6) is 0. The Morgan fingerprint density at radius 3 is 1.46 bits per heavy atom. The molecule has 3 heteroatoms. The van der Waals surface area contributed by atoms with Crippen molar-refractivity contribution in [3.8, 4) is 22.3 Å². The summed E-state index contributed by atoms with van der Waals surface area (Å²) in [4.78, 5) is 5.15. The van der Waals surface area contributed by atoms with Gasteiger partial charge in [0.15, 0.2) is 0 Å². The smallest absolute Gasteiger partial charge is 0.252 e. The molecule has 2 heterocycles. The SMILES string of the molecule is CC(C)(C)c1ccc(N2c3ccc(C(C)(C)C)cc3B3c4cc(C(C)(C)C)ccc4N(c4cccc5ccccc45)c4cc(-c5cccc(-c6ccccc6)c5)cc2c43)cc1. The van der Waals surface area contributed by atoms with Gasteiger partial charge in [-0.15, -0.1) is 0 Å². The number of nitrogens with zero attached hydrogens (tertiary/aromatic N) is 2. The van der Waals surface area contributed by atoms with Crippen molar-refractivity contribution in [2.75, 3.05) is 9.80 Å². The number of rotatable bonds is 4. The third kappa shape index (κ3) is 6.67. The molecular formula is C58H55BN2. The van der Waals surface area contributed by atoms with Gasteiger partial charge in [0.05, 0.1) is 5.69 Å². The highest BCUT2D eigenvalue weighted by molar-refractivity contribution is 7.00. The maximum absolute atomic E-state index is 2.59. The molecule has 0 saturated carbocycles. The lowest BCUT2D eigenvalue weighted by Crippen LogP contribution is -2.61. The molecule has 0 atom stereocenters. The first-order chi connectivity index (χ1) is 29.1. The second kappa shape index (κ2) is 14.1. The first kappa shape index (κ1) is 38.9. The van der Waals surface area contributed by atoms with Crippen LogP contribution in [0.15, 0.2) is 170 Å². The van der Waals surface area contributed by atoms with Gasteiger partial charge < -0.3 is 9.80 Å². The van der Waals surface area contributed by atoms with Crippen molar-refractivity contribution in [2.24, 2.45) is 0 Å². The van der Waals surface area contributed by atoms with Gasteiger partial charge in [0.2, 0.25) is 0 Å². The number of fused-ring (bicyclic) bond motifs is 5. The van der Waals surface area contributed by atoms with Crippen LogP contribution in [0.2, 0.25) is 0 Å². The van der Waals surface area contributed by atoms with Crippen molar-refractivity contribution in [1.82, 2.24) is 0 Å². The zero-order valence-corrected chi connectivity index (χ0v) is 37.1. The van der Waals surface area contributed by atoms with E-state index in [0.717, 1.165) is 0 Å². The van der Waals surface area contributed by atoms with Crippen LogP contribution < -0.4 is 26.2 Å². The van der Waals surface area contributed by atoms with E-state index >= 15 is 0 Å². The summed E-state index contributed by atoms with van der Waals surface area (Å²) in [7, 11) is 0. The van der Waals surface area contributed by atoms with E-state index < -0.39 is 0 Å². The lowest BCUT2D eigenvalue weighted by molar-refractivity contribution is 0.590. The number of hydrogen-bond acceptors (Lipinski definition) is 2. The van der Waals surface area contributed by atoms with Crippen LogP contribution in [-0.4, -0.2) is 6.71 Å². The molecule has 61 heavy (non-hydrogen) atoms. The normalized spacial score (nSPS) is 13.6. The highest BCUT2D eigenvalue weighted by atomic mass is 15.2. The van der Waals surface area contributed by atoms with Gasteiger partial charge in [-0.3, -0.25) is 0 Å². The monoisotopic (exact) mass is 790 g/mol. The minimum absolute atomic E-state index is 0.0145. The molecule has 0 bridgehead atoms. The van der Waals surface area contributed by atoms with Gasteiger partial charge in [-0.1, -0.05) is 184 Å². The maximum atomic E-state index is 2.59. The first-order valence-electron chi connectivity index (χ1n) is 22.0. The van der Waals surface area contributed by atoms with Crippen molar-refractivity contribution in [2.45, 2.75) is 78.6 Å². The molecule has 0 fully saturated rings. The fraction of sp³-hybridized carbons (Fsp3) is 0.207. The highest BCUT2D eigenvalue weighted by Crippen LogP contribution is 2.48. The average Bonchev–Trinajstić information content (AvgIpc) is 3.25. The molecule has 0 spiro atoms. The van der Waals surface area contributed by atoms with E-state index in [1.165, 1.54) is 100 Å². The van der Waals surface area contributed by atoms with E-state index in [0.29, 0.717) is 0 Å².